The highest BCUT2D eigenvalue weighted by molar-refractivity contribution is 5.97. The molecule has 1 atom stereocenters. The molecule has 2 rings (SSSR count). The molecule has 1 amide bonds. The average Bonchev–Trinajstić information content (AvgIpc) is 2.83. The molecule has 10 nitrogen and oxygen atoms in total. The molecule has 0 radical (unpaired) electrons. The third kappa shape index (κ3) is 7.01. The molecule has 0 bridgehead atoms. The largest absolute Gasteiger partial charge is 0.496 e. The molecule has 0 aliphatic heterocycles. The molecule has 35 heavy (non-hydrogen) atoms. The highest BCUT2D eigenvalue weighted by Gasteiger charge is 2.21. The molecule has 1 unspecified atom stereocenters. The predicted octanol–water partition coefficient (Wildman–Crippen LogP) is 2.08. The summed E-state index contributed by atoms with van der Waals surface area (Å²) in [6, 6.07) is 4.01. The van der Waals surface area contributed by atoms with Gasteiger partial charge in [0.25, 0.3) is 5.56 Å². The molecule has 0 saturated carbocycles. The van der Waals surface area contributed by atoms with Gasteiger partial charge in [0, 0.05) is 37.9 Å². The van der Waals surface area contributed by atoms with Crippen molar-refractivity contribution in [2.24, 2.45) is 11.1 Å². The van der Waals surface area contributed by atoms with Crippen LogP contribution in [-0.2, 0) is 27.5 Å². The summed E-state index contributed by atoms with van der Waals surface area (Å²) in [7, 11) is 2.88. The van der Waals surface area contributed by atoms with Crippen LogP contribution < -0.4 is 21.3 Å². The lowest BCUT2D eigenvalue weighted by molar-refractivity contribution is -0.124. The third-order valence-corrected chi connectivity index (χ3v) is 5.30. The topological polar surface area (TPSA) is 113 Å². The molecule has 11 heteroatoms. The molecule has 0 saturated heterocycles. The smallest absolute Gasteiger partial charge is 0.331 e. The maximum Gasteiger partial charge on any atom is 0.331 e. The number of amides is 1. The van der Waals surface area contributed by atoms with Gasteiger partial charge in [0.15, 0.2) is 0 Å². The molecule has 1 aromatic heterocycles. The summed E-state index contributed by atoms with van der Waals surface area (Å²) in [6.45, 7) is 7.14. The van der Waals surface area contributed by atoms with E-state index in [1.54, 1.807) is 27.7 Å². The van der Waals surface area contributed by atoms with Crippen molar-refractivity contribution in [2.45, 2.75) is 46.9 Å². The van der Waals surface area contributed by atoms with Gasteiger partial charge in [-0.05, 0) is 32.0 Å². The lowest BCUT2D eigenvalue weighted by Gasteiger charge is -2.21. The van der Waals surface area contributed by atoms with Crippen LogP contribution in [-0.4, -0.2) is 48.1 Å². The van der Waals surface area contributed by atoms with Gasteiger partial charge in [-0.25, -0.2) is 9.18 Å². The fraction of sp³-hybridized carbons (Fsp3) is 0.500. The van der Waals surface area contributed by atoms with Crippen molar-refractivity contribution in [1.29, 1.82) is 0 Å². The van der Waals surface area contributed by atoms with Gasteiger partial charge >= 0.3 is 5.69 Å². The first-order chi connectivity index (χ1) is 16.6. The number of benzene rings is 1. The number of oxime groups is 1. The minimum atomic E-state index is -0.762. The zero-order valence-electron chi connectivity index (χ0n) is 21.0. The van der Waals surface area contributed by atoms with Crippen LogP contribution in [0.5, 0.6) is 5.75 Å². The van der Waals surface area contributed by atoms with Gasteiger partial charge in [0.2, 0.25) is 5.91 Å². The van der Waals surface area contributed by atoms with Crippen LogP contribution in [0.1, 0.15) is 44.9 Å². The van der Waals surface area contributed by atoms with Gasteiger partial charge in [-0.1, -0.05) is 19.0 Å². The summed E-state index contributed by atoms with van der Waals surface area (Å²) < 4.78 is 27.2. The second-order valence-electron chi connectivity index (χ2n) is 8.09. The van der Waals surface area contributed by atoms with E-state index in [1.165, 1.54) is 43.2 Å². The molecule has 0 aliphatic rings. The van der Waals surface area contributed by atoms with E-state index in [1.807, 2.05) is 0 Å². The maximum absolute atomic E-state index is 14.0. The second kappa shape index (κ2) is 12.8. The fourth-order valence-electron chi connectivity index (χ4n) is 3.37. The minimum Gasteiger partial charge on any atom is -0.496 e. The molecular weight excluding hydrogens is 459 g/mol. The zero-order valence-corrected chi connectivity index (χ0v) is 21.0. The van der Waals surface area contributed by atoms with E-state index < -0.39 is 23.2 Å². The average molecular weight is 493 g/mol. The highest BCUT2D eigenvalue weighted by atomic mass is 19.1. The number of carbonyl (C=O) groups is 1. The number of methoxy groups -OCH3 is 2. The summed E-state index contributed by atoms with van der Waals surface area (Å²) in [5.41, 5.74) is -0.343. The Bertz CT molecular complexity index is 1170. The van der Waals surface area contributed by atoms with Crippen LogP contribution in [0.25, 0.3) is 0 Å². The monoisotopic (exact) mass is 492 g/mol. The Kier molecular flexibility index (Phi) is 10.2. The van der Waals surface area contributed by atoms with E-state index in [0.29, 0.717) is 17.9 Å². The molecule has 1 aromatic carbocycles. The van der Waals surface area contributed by atoms with Crippen LogP contribution in [0.3, 0.4) is 0 Å². The van der Waals surface area contributed by atoms with Gasteiger partial charge in [0.1, 0.15) is 24.3 Å². The molecule has 1 heterocycles. The third-order valence-electron chi connectivity index (χ3n) is 5.30. The molecule has 192 valence electrons. The van der Waals surface area contributed by atoms with Crippen LogP contribution in [0.2, 0.25) is 0 Å². The summed E-state index contributed by atoms with van der Waals surface area (Å²) >= 11 is 0. The van der Waals surface area contributed by atoms with Gasteiger partial charge in [-0.15, -0.1) is 0 Å². The zero-order chi connectivity index (χ0) is 26.1. The summed E-state index contributed by atoms with van der Waals surface area (Å²) in [5.74, 6) is -0.521. The Morgan fingerprint density at radius 3 is 2.54 bits per heavy atom. The Morgan fingerprint density at radius 2 is 1.94 bits per heavy atom. The number of carbonyl (C=O) groups excluding carboxylic acids is 1. The van der Waals surface area contributed by atoms with Gasteiger partial charge in [-0.3, -0.25) is 18.7 Å². The quantitative estimate of drug-likeness (QED) is 0.359. The van der Waals surface area contributed by atoms with E-state index >= 15 is 0 Å². The Balaban J connectivity index is 2.55. The Labute approximate surface area is 203 Å². The molecule has 2 aromatic rings. The minimum absolute atomic E-state index is 0.0390. The predicted molar refractivity (Wildman–Crippen MR) is 129 cm³/mol. The number of hydrogen-bond donors (Lipinski definition) is 1. The van der Waals surface area contributed by atoms with Crippen LogP contribution >= 0.6 is 0 Å². The van der Waals surface area contributed by atoms with Crippen molar-refractivity contribution in [3.8, 4) is 5.75 Å². The van der Waals surface area contributed by atoms with Crippen LogP contribution in [0.15, 0.2) is 39.1 Å². The number of nitrogens with one attached hydrogen (secondary N) is 1. The summed E-state index contributed by atoms with van der Waals surface area (Å²) in [6.07, 6.45) is 0.616. The van der Waals surface area contributed by atoms with E-state index in [-0.39, 0.29) is 42.7 Å². The lowest BCUT2D eigenvalue weighted by atomic mass is 10.1. The molecule has 0 aliphatic carbocycles. The Morgan fingerprint density at radius 1 is 1.23 bits per heavy atom. The van der Waals surface area contributed by atoms with Crippen molar-refractivity contribution < 1.29 is 23.5 Å². The van der Waals surface area contributed by atoms with Crippen molar-refractivity contribution >= 4 is 11.6 Å². The number of ether oxygens (including phenoxy) is 2. The molecule has 0 fully saturated rings. The van der Waals surface area contributed by atoms with Crippen molar-refractivity contribution in [2.75, 3.05) is 27.4 Å². The van der Waals surface area contributed by atoms with Crippen LogP contribution in [0, 0.1) is 11.7 Å². The summed E-state index contributed by atoms with van der Waals surface area (Å²) in [4.78, 5) is 43.4. The van der Waals surface area contributed by atoms with Gasteiger partial charge < -0.3 is 19.6 Å². The number of hydrogen-bond acceptors (Lipinski definition) is 7. The fourth-order valence-corrected chi connectivity index (χ4v) is 3.37. The van der Waals surface area contributed by atoms with Crippen molar-refractivity contribution in [3.05, 3.63) is 62.2 Å². The lowest BCUT2D eigenvalue weighted by Crippen LogP contribution is -2.45. The number of rotatable bonds is 12. The van der Waals surface area contributed by atoms with Gasteiger partial charge in [0.05, 0.1) is 24.9 Å². The van der Waals surface area contributed by atoms with E-state index in [4.69, 9.17) is 14.3 Å². The van der Waals surface area contributed by atoms with Crippen molar-refractivity contribution in [3.63, 3.8) is 0 Å². The maximum atomic E-state index is 14.0. The summed E-state index contributed by atoms with van der Waals surface area (Å²) in [5, 5.41) is 6.63. The van der Waals surface area contributed by atoms with Crippen LogP contribution in [0.4, 0.5) is 4.39 Å². The van der Waals surface area contributed by atoms with E-state index in [2.05, 4.69) is 10.5 Å². The molecular formula is C24H33FN4O6. The van der Waals surface area contributed by atoms with E-state index in [9.17, 15) is 18.8 Å². The van der Waals surface area contributed by atoms with Crippen molar-refractivity contribution in [1.82, 2.24) is 14.5 Å². The van der Waals surface area contributed by atoms with Gasteiger partial charge in [-0.2, -0.15) is 0 Å². The first kappa shape index (κ1) is 27.8. The molecule has 0 spiro atoms. The first-order valence-electron chi connectivity index (χ1n) is 11.3. The Hall–Kier alpha value is -3.47. The number of nitrogens with zero attached hydrogens (tertiary/aromatic N) is 3. The number of aromatic nitrogens is 2. The highest BCUT2D eigenvalue weighted by Crippen LogP contribution is 2.29. The normalized spacial score (nSPS) is 12.5. The SMILES string of the molecule is CCO/N=C(\C)c1cn(CC(OC)c2cc(F)ccc2OC)c(=O)n(CCNC(=O)C(C)C)c1=O. The number of halogens is 1. The standard InChI is InChI=1S/C24H33FN4O6/c1-7-35-27-16(4)19-13-28(14-21(34-6)18-12-17(25)8-9-20(18)33-5)24(32)29(23(19)31)11-10-26-22(30)15(2)3/h8-9,12-13,15,21H,7,10-11,14H2,1-6H3,(H,26,30)/b27-16+. The first-order valence-corrected chi connectivity index (χ1v) is 11.3. The molecule has 1 N–H and O–H groups in total. The van der Waals surface area contributed by atoms with E-state index in [0.717, 1.165) is 4.57 Å². The second-order valence-corrected chi connectivity index (χ2v) is 8.09.